The SMILES string of the molecule is CCCCCCC/C=C\C/C=C\C/C=C\CCCCCCCCCCCCCCCCCCCCCCC(=O)NC(COP(=O)(O)OCC[N+](C)(C)C)C(O)CCCCCCCCCCCCCCCCCC. The summed E-state index contributed by atoms with van der Waals surface area (Å²) in [5.74, 6) is -0.139. The fraction of sp³-hybridized carbons (Fsp3) is 0.891. The molecule has 0 bridgehead atoms. The summed E-state index contributed by atoms with van der Waals surface area (Å²) in [4.78, 5) is 23.4. The van der Waals surface area contributed by atoms with Crippen LogP contribution >= 0.6 is 7.82 Å². The summed E-state index contributed by atoms with van der Waals surface area (Å²) in [5, 5.41) is 14.1. The lowest BCUT2D eigenvalue weighted by Gasteiger charge is -2.26. The number of carbonyl (C=O) groups is 1. The fourth-order valence-corrected chi connectivity index (χ4v) is 10.4. The van der Waals surface area contributed by atoms with Gasteiger partial charge in [-0.2, -0.15) is 0 Å². The van der Waals surface area contributed by atoms with Gasteiger partial charge in [0, 0.05) is 6.42 Å². The van der Waals surface area contributed by atoms with E-state index in [1.165, 1.54) is 238 Å². The second kappa shape index (κ2) is 55.5. The van der Waals surface area contributed by atoms with Crippen LogP contribution in [-0.2, 0) is 18.4 Å². The number of allylic oxidation sites excluding steroid dienone is 6. The molecule has 0 aromatic rings. The van der Waals surface area contributed by atoms with Crippen LogP contribution in [0.3, 0.4) is 0 Å². The molecule has 9 heteroatoms. The summed E-state index contributed by atoms with van der Waals surface area (Å²) in [5.41, 5.74) is 0. The summed E-state index contributed by atoms with van der Waals surface area (Å²) < 4.78 is 23.8. The first-order chi connectivity index (χ1) is 35.5. The van der Waals surface area contributed by atoms with Gasteiger partial charge in [0.05, 0.1) is 39.9 Å². The quantitative estimate of drug-likeness (QED) is 0.0243. The molecular formula is C64H126N2O6P+. The van der Waals surface area contributed by atoms with Crippen LogP contribution in [0.2, 0.25) is 0 Å². The lowest BCUT2D eigenvalue weighted by atomic mass is 10.0. The summed E-state index contributed by atoms with van der Waals surface area (Å²) in [6.07, 6.45) is 72.2. The molecule has 1 amide bonds. The first-order valence-corrected chi connectivity index (χ1v) is 33.3. The van der Waals surface area contributed by atoms with Crippen LogP contribution in [0.25, 0.3) is 0 Å². The lowest BCUT2D eigenvalue weighted by Crippen LogP contribution is -2.46. The molecule has 0 aliphatic heterocycles. The van der Waals surface area contributed by atoms with E-state index in [2.05, 4.69) is 55.6 Å². The number of likely N-dealkylation sites (N-methyl/N-ethyl adjacent to an activating group) is 1. The highest BCUT2D eigenvalue weighted by Crippen LogP contribution is 2.43. The van der Waals surface area contributed by atoms with Gasteiger partial charge in [-0.15, -0.1) is 0 Å². The maximum atomic E-state index is 13.0. The van der Waals surface area contributed by atoms with Crippen molar-refractivity contribution in [3.05, 3.63) is 36.5 Å². The Bertz CT molecular complexity index is 1280. The van der Waals surface area contributed by atoms with Crippen molar-refractivity contribution in [1.29, 1.82) is 0 Å². The predicted octanol–water partition coefficient (Wildman–Crippen LogP) is 19.7. The Labute approximate surface area is 455 Å². The average Bonchev–Trinajstić information content (AvgIpc) is 3.35. The Morgan fingerprint density at radius 3 is 1.14 bits per heavy atom. The van der Waals surface area contributed by atoms with Crippen molar-refractivity contribution >= 4 is 13.7 Å². The van der Waals surface area contributed by atoms with Gasteiger partial charge >= 0.3 is 7.82 Å². The number of unbranched alkanes of at least 4 members (excludes halogenated alkanes) is 40. The molecule has 0 rings (SSSR count). The molecule has 432 valence electrons. The highest BCUT2D eigenvalue weighted by atomic mass is 31.2. The van der Waals surface area contributed by atoms with E-state index in [0.717, 1.165) is 51.4 Å². The number of phosphoric ester groups is 1. The molecule has 73 heavy (non-hydrogen) atoms. The molecule has 0 saturated carbocycles. The fourth-order valence-electron chi connectivity index (χ4n) is 9.65. The molecule has 3 N–H and O–H groups in total. The molecule has 8 nitrogen and oxygen atoms in total. The van der Waals surface area contributed by atoms with E-state index in [4.69, 9.17) is 9.05 Å². The number of nitrogens with zero attached hydrogens (tertiary/aromatic N) is 1. The standard InChI is InChI=1S/C64H125N2O6P/c1-6-8-10-12-14-16-18-20-22-24-25-26-27-28-29-30-31-32-33-34-35-36-37-38-39-40-41-42-44-46-48-50-52-54-56-58-64(68)65-62(61-72-73(69,70)71-60-59-66(3,4)5)63(67)57-55-53-51-49-47-45-43-23-21-19-17-15-13-11-9-7-2/h18,20,24-25,27-28,62-63,67H,6-17,19,21-23,26,29-61H2,1-5H3,(H-,65,68,69,70)/p+1/b20-18-,25-24-,28-27-. The van der Waals surface area contributed by atoms with Gasteiger partial charge in [-0.05, 0) is 51.4 Å². The second-order valence-corrected chi connectivity index (χ2v) is 24.6. The number of quaternary nitrogens is 1. The van der Waals surface area contributed by atoms with Gasteiger partial charge < -0.3 is 19.8 Å². The summed E-state index contributed by atoms with van der Waals surface area (Å²) >= 11 is 0. The predicted molar refractivity (Wildman–Crippen MR) is 318 cm³/mol. The molecule has 0 aliphatic carbocycles. The number of nitrogens with one attached hydrogen (secondary N) is 1. The lowest BCUT2D eigenvalue weighted by molar-refractivity contribution is -0.870. The Balaban J connectivity index is 3.96. The van der Waals surface area contributed by atoms with Crippen molar-refractivity contribution in [2.75, 3.05) is 40.9 Å². The zero-order valence-corrected chi connectivity index (χ0v) is 50.3. The molecule has 3 unspecified atom stereocenters. The van der Waals surface area contributed by atoms with Gasteiger partial charge in [-0.25, -0.2) is 4.57 Å². The number of amides is 1. The third kappa shape index (κ3) is 58.2. The van der Waals surface area contributed by atoms with Gasteiger partial charge in [0.15, 0.2) is 0 Å². The van der Waals surface area contributed by atoms with Crippen LogP contribution in [-0.4, -0.2) is 73.4 Å². The van der Waals surface area contributed by atoms with Crippen LogP contribution in [0, 0.1) is 0 Å². The molecule has 0 heterocycles. The molecule has 3 atom stereocenters. The Kier molecular flexibility index (Phi) is 54.5. The van der Waals surface area contributed by atoms with Crippen molar-refractivity contribution in [3.63, 3.8) is 0 Å². The zero-order valence-electron chi connectivity index (χ0n) is 49.4. The number of rotatable bonds is 59. The number of hydrogen-bond donors (Lipinski definition) is 3. The second-order valence-electron chi connectivity index (χ2n) is 23.1. The molecule has 0 aliphatic rings. The number of aliphatic hydroxyl groups excluding tert-OH is 1. The van der Waals surface area contributed by atoms with Gasteiger partial charge in [0.1, 0.15) is 13.2 Å². The van der Waals surface area contributed by atoms with Crippen molar-refractivity contribution in [3.8, 4) is 0 Å². The van der Waals surface area contributed by atoms with Crippen LogP contribution in [0.1, 0.15) is 316 Å². The molecule has 0 aromatic heterocycles. The molecule has 0 saturated heterocycles. The molecule has 0 aromatic carbocycles. The van der Waals surface area contributed by atoms with E-state index < -0.39 is 20.0 Å². The van der Waals surface area contributed by atoms with Crippen LogP contribution < -0.4 is 5.32 Å². The third-order valence-corrected chi connectivity index (χ3v) is 15.6. The van der Waals surface area contributed by atoms with Crippen molar-refractivity contribution in [2.45, 2.75) is 328 Å². The van der Waals surface area contributed by atoms with Crippen molar-refractivity contribution in [1.82, 2.24) is 5.32 Å². The van der Waals surface area contributed by atoms with Gasteiger partial charge in [0.2, 0.25) is 5.91 Å². The minimum atomic E-state index is -4.32. The van der Waals surface area contributed by atoms with E-state index in [1.807, 2.05) is 21.1 Å². The Hall–Kier alpha value is -1.28. The largest absolute Gasteiger partial charge is 0.472 e. The summed E-state index contributed by atoms with van der Waals surface area (Å²) in [7, 11) is 1.63. The normalized spacial score (nSPS) is 14.0. The molecule has 0 radical (unpaired) electrons. The van der Waals surface area contributed by atoms with Crippen LogP contribution in [0.5, 0.6) is 0 Å². The molecule has 0 spiro atoms. The van der Waals surface area contributed by atoms with Gasteiger partial charge in [0.25, 0.3) is 0 Å². The average molecular weight is 1050 g/mol. The van der Waals surface area contributed by atoms with Crippen molar-refractivity contribution < 1.29 is 32.9 Å². The third-order valence-electron chi connectivity index (χ3n) is 14.6. The minimum Gasteiger partial charge on any atom is -0.391 e. The van der Waals surface area contributed by atoms with E-state index >= 15 is 0 Å². The smallest absolute Gasteiger partial charge is 0.391 e. The summed E-state index contributed by atoms with van der Waals surface area (Å²) in [6.45, 7) is 4.91. The summed E-state index contributed by atoms with van der Waals surface area (Å²) in [6, 6.07) is -0.759. The maximum Gasteiger partial charge on any atom is 0.472 e. The highest BCUT2D eigenvalue weighted by molar-refractivity contribution is 7.47. The minimum absolute atomic E-state index is 0.0766. The van der Waals surface area contributed by atoms with Crippen LogP contribution in [0.15, 0.2) is 36.5 Å². The number of phosphoric acid groups is 1. The number of hydrogen-bond acceptors (Lipinski definition) is 5. The zero-order chi connectivity index (χ0) is 53.5. The topological polar surface area (TPSA) is 105 Å². The van der Waals surface area contributed by atoms with E-state index in [0.29, 0.717) is 23.9 Å². The van der Waals surface area contributed by atoms with Gasteiger partial charge in [-0.1, -0.05) is 294 Å². The first-order valence-electron chi connectivity index (χ1n) is 31.9. The Morgan fingerprint density at radius 1 is 0.466 bits per heavy atom. The Morgan fingerprint density at radius 2 is 0.781 bits per heavy atom. The number of aliphatic hydroxyl groups is 1. The van der Waals surface area contributed by atoms with Crippen LogP contribution in [0.4, 0.5) is 0 Å². The molecular weight excluding hydrogens is 924 g/mol. The van der Waals surface area contributed by atoms with Crippen molar-refractivity contribution in [2.24, 2.45) is 0 Å². The highest BCUT2D eigenvalue weighted by Gasteiger charge is 2.28. The van der Waals surface area contributed by atoms with E-state index in [1.54, 1.807) is 0 Å². The number of carbonyl (C=O) groups excluding carboxylic acids is 1. The monoisotopic (exact) mass is 1050 g/mol. The maximum absolute atomic E-state index is 13.0. The van der Waals surface area contributed by atoms with E-state index in [-0.39, 0.29) is 19.1 Å². The first kappa shape index (κ1) is 71.7. The van der Waals surface area contributed by atoms with Gasteiger partial charge in [-0.3, -0.25) is 13.8 Å². The van der Waals surface area contributed by atoms with E-state index in [9.17, 15) is 19.4 Å². The molecule has 0 fully saturated rings.